The smallest absolute Gasteiger partial charge is 0.272 e. The first kappa shape index (κ1) is 16.2. The van der Waals surface area contributed by atoms with Crippen molar-refractivity contribution in [3.63, 3.8) is 0 Å². The van der Waals surface area contributed by atoms with E-state index in [0.29, 0.717) is 18.0 Å². The molecule has 0 aromatic heterocycles. The topological polar surface area (TPSA) is 73.6 Å². The molecule has 1 aliphatic heterocycles. The number of rotatable bonds is 6. The highest BCUT2D eigenvalue weighted by atomic mass is 19.1. The summed E-state index contributed by atoms with van der Waals surface area (Å²) in [6, 6.07) is 10.6. The van der Waals surface area contributed by atoms with Gasteiger partial charge in [-0.15, -0.1) is 0 Å². The minimum absolute atomic E-state index is 0.150. The molecular formula is C17H17FN2O4. The van der Waals surface area contributed by atoms with Gasteiger partial charge in [0.25, 0.3) is 5.69 Å². The molecule has 24 heavy (non-hydrogen) atoms. The highest BCUT2D eigenvalue weighted by molar-refractivity contribution is 5.62. The Bertz CT molecular complexity index is 715. The fourth-order valence-electron chi connectivity index (χ4n) is 2.47. The summed E-state index contributed by atoms with van der Waals surface area (Å²) in [5.74, 6) is 0.0307. The van der Waals surface area contributed by atoms with Crippen LogP contribution in [0.15, 0.2) is 42.5 Å². The summed E-state index contributed by atoms with van der Waals surface area (Å²) in [5.41, 5.74) is 0.553. The number of hydrogen-bond donors (Lipinski definition) is 1. The van der Waals surface area contributed by atoms with Crippen LogP contribution in [-0.4, -0.2) is 24.2 Å². The van der Waals surface area contributed by atoms with E-state index in [1.807, 2.05) is 0 Å². The quantitative estimate of drug-likeness (QED) is 0.638. The summed E-state index contributed by atoms with van der Waals surface area (Å²) >= 11 is 0. The SMILES string of the molecule is O=[N+]([O-])c1ccc(Nc2ccc(OCC3CCCO3)cc2)c(F)c1. The molecule has 2 aromatic rings. The largest absolute Gasteiger partial charge is 0.491 e. The van der Waals surface area contributed by atoms with E-state index in [9.17, 15) is 14.5 Å². The van der Waals surface area contributed by atoms with Crippen LogP contribution >= 0.6 is 0 Å². The Morgan fingerprint density at radius 3 is 2.71 bits per heavy atom. The first-order valence-corrected chi connectivity index (χ1v) is 7.67. The molecule has 126 valence electrons. The van der Waals surface area contributed by atoms with Crippen molar-refractivity contribution in [3.05, 3.63) is 58.4 Å². The van der Waals surface area contributed by atoms with Gasteiger partial charge in [-0.05, 0) is 43.2 Å². The number of non-ortho nitro benzene ring substituents is 1. The van der Waals surface area contributed by atoms with Gasteiger partial charge in [-0.3, -0.25) is 10.1 Å². The fourth-order valence-corrected chi connectivity index (χ4v) is 2.47. The van der Waals surface area contributed by atoms with Gasteiger partial charge in [-0.2, -0.15) is 0 Å². The lowest BCUT2D eigenvalue weighted by Crippen LogP contribution is -2.16. The van der Waals surface area contributed by atoms with Crippen LogP contribution in [0.3, 0.4) is 0 Å². The Morgan fingerprint density at radius 2 is 2.08 bits per heavy atom. The monoisotopic (exact) mass is 332 g/mol. The van der Waals surface area contributed by atoms with Crippen molar-refractivity contribution in [2.45, 2.75) is 18.9 Å². The van der Waals surface area contributed by atoms with Gasteiger partial charge < -0.3 is 14.8 Å². The van der Waals surface area contributed by atoms with E-state index in [1.165, 1.54) is 12.1 Å². The third-order valence-electron chi connectivity index (χ3n) is 3.76. The van der Waals surface area contributed by atoms with E-state index in [-0.39, 0.29) is 17.5 Å². The van der Waals surface area contributed by atoms with Crippen molar-refractivity contribution in [3.8, 4) is 5.75 Å². The number of anilines is 2. The molecule has 0 saturated carbocycles. The molecule has 3 rings (SSSR count). The van der Waals surface area contributed by atoms with Gasteiger partial charge >= 0.3 is 0 Å². The number of ether oxygens (including phenoxy) is 2. The van der Waals surface area contributed by atoms with Crippen molar-refractivity contribution >= 4 is 17.1 Å². The first-order chi connectivity index (χ1) is 11.6. The summed E-state index contributed by atoms with van der Waals surface area (Å²) in [4.78, 5) is 9.98. The lowest BCUT2D eigenvalue weighted by atomic mass is 10.2. The van der Waals surface area contributed by atoms with Gasteiger partial charge in [-0.25, -0.2) is 4.39 Å². The lowest BCUT2D eigenvalue weighted by molar-refractivity contribution is -0.385. The highest BCUT2D eigenvalue weighted by Crippen LogP contribution is 2.25. The van der Waals surface area contributed by atoms with Gasteiger partial charge in [-0.1, -0.05) is 0 Å². The minimum Gasteiger partial charge on any atom is -0.491 e. The maximum Gasteiger partial charge on any atom is 0.272 e. The number of nitrogens with zero attached hydrogens (tertiary/aromatic N) is 1. The van der Waals surface area contributed by atoms with Crippen LogP contribution in [0.1, 0.15) is 12.8 Å². The van der Waals surface area contributed by atoms with Crippen LogP contribution in [0, 0.1) is 15.9 Å². The molecule has 0 radical (unpaired) electrons. The van der Waals surface area contributed by atoms with Gasteiger partial charge in [0, 0.05) is 18.4 Å². The average molecular weight is 332 g/mol. The molecule has 6 nitrogen and oxygen atoms in total. The summed E-state index contributed by atoms with van der Waals surface area (Å²) in [7, 11) is 0. The Morgan fingerprint density at radius 1 is 1.29 bits per heavy atom. The zero-order valence-electron chi connectivity index (χ0n) is 12.9. The third kappa shape index (κ3) is 3.99. The molecule has 0 spiro atoms. The minimum atomic E-state index is -0.678. The number of nitro groups is 1. The van der Waals surface area contributed by atoms with Crippen LogP contribution in [-0.2, 0) is 4.74 Å². The number of halogens is 1. The van der Waals surface area contributed by atoms with E-state index < -0.39 is 10.7 Å². The van der Waals surface area contributed by atoms with Crippen molar-refractivity contribution in [1.82, 2.24) is 0 Å². The predicted octanol–water partition coefficient (Wildman–Crippen LogP) is 4.04. The molecule has 1 atom stereocenters. The van der Waals surface area contributed by atoms with Crippen molar-refractivity contribution < 1.29 is 18.8 Å². The van der Waals surface area contributed by atoms with E-state index >= 15 is 0 Å². The van der Waals surface area contributed by atoms with Crippen molar-refractivity contribution in [2.75, 3.05) is 18.5 Å². The van der Waals surface area contributed by atoms with Crippen LogP contribution in [0.5, 0.6) is 5.75 Å². The maximum absolute atomic E-state index is 13.9. The molecule has 0 aliphatic carbocycles. The molecule has 1 unspecified atom stereocenters. The maximum atomic E-state index is 13.9. The van der Waals surface area contributed by atoms with E-state index in [2.05, 4.69) is 5.32 Å². The van der Waals surface area contributed by atoms with Crippen LogP contribution in [0.25, 0.3) is 0 Å². The molecule has 1 heterocycles. The molecule has 0 amide bonds. The molecule has 0 bridgehead atoms. The molecule has 1 saturated heterocycles. The standard InChI is InChI=1S/C17H17FN2O4/c18-16-10-13(20(21)22)5-8-17(16)19-12-3-6-14(7-4-12)24-11-15-2-1-9-23-15/h3-8,10,15,19H,1-2,9,11H2. The zero-order chi connectivity index (χ0) is 16.9. The van der Waals surface area contributed by atoms with Crippen LogP contribution < -0.4 is 10.1 Å². The Labute approximate surface area is 138 Å². The van der Waals surface area contributed by atoms with E-state index in [1.54, 1.807) is 24.3 Å². The second-order valence-corrected chi connectivity index (χ2v) is 5.52. The second kappa shape index (κ2) is 7.27. The summed E-state index contributed by atoms with van der Waals surface area (Å²) in [5, 5.41) is 13.5. The third-order valence-corrected chi connectivity index (χ3v) is 3.76. The fraction of sp³-hybridized carbons (Fsp3) is 0.294. The zero-order valence-corrected chi connectivity index (χ0v) is 12.9. The first-order valence-electron chi connectivity index (χ1n) is 7.67. The molecule has 1 fully saturated rings. The predicted molar refractivity (Wildman–Crippen MR) is 87.2 cm³/mol. The van der Waals surface area contributed by atoms with Gasteiger partial charge in [0.2, 0.25) is 0 Å². The Balaban J connectivity index is 1.60. The summed E-state index contributed by atoms with van der Waals surface area (Å²) in [6.45, 7) is 1.31. The normalized spacial score (nSPS) is 16.8. The molecule has 2 aromatic carbocycles. The number of hydrogen-bond acceptors (Lipinski definition) is 5. The molecular weight excluding hydrogens is 315 g/mol. The molecule has 7 heteroatoms. The Hall–Kier alpha value is -2.67. The van der Waals surface area contributed by atoms with Crippen LogP contribution in [0.2, 0.25) is 0 Å². The van der Waals surface area contributed by atoms with E-state index in [0.717, 1.165) is 25.5 Å². The van der Waals surface area contributed by atoms with Crippen molar-refractivity contribution in [2.24, 2.45) is 0 Å². The van der Waals surface area contributed by atoms with Crippen LogP contribution in [0.4, 0.5) is 21.5 Å². The summed E-state index contributed by atoms with van der Waals surface area (Å²) < 4.78 is 25.0. The Kier molecular flexibility index (Phi) is 4.90. The molecule has 1 aliphatic rings. The number of nitrogens with one attached hydrogen (secondary N) is 1. The number of benzene rings is 2. The van der Waals surface area contributed by atoms with Gasteiger partial charge in [0.1, 0.15) is 12.4 Å². The average Bonchev–Trinajstić information content (AvgIpc) is 3.09. The van der Waals surface area contributed by atoms with Gasteiger partial charge in [0.15, 0.2) is 5.82 Å². The lowest BCUT2D eigenvalue weighted by Gasteiger charge is -2.12. The molecule has 1 N–H and O–H groups in total. The van der Waals surface area contributed by atoms with Gasteiger partial charge in [0.05, 0.1) is 22.8 Å². The van der Waals surface area contributed by atoms with Crippen molar-refractivity contribution in [1.29, 1.82) is 0 Å². The summed E-state index contributed by atoms with van der Waals surface area (Å²) in [6.07, 6.45) is 2.23. The van der Waals surface area contributed by atoms with E-state index in [4.69, 9.17) is 9.47 Å². The number of nitro benzene ring substituents is 1. The highest BCUT2D eigenvalue weighted by Gasteiger charge is 2.16. The second-order valence-electron chi connectivity index (χ2n) is 5.52.